The van der Waals surface area contributed by atoms with Crippen LogP contribution in [0.4, 0.5) is 0 Å². The number of nitrogens with zero attached hydrogens (tertiary/aromatic N) is 1. The minimum absolute atomic E-state index is 0.376. The number of hydrogen-bond donors (Lipinski definition) is 1. The number of methoxy groups -OCH3 is 1. The first-order valence-electron chi connectivity index (χ1n) is 7.72. The Balaban J connectivity index is 1.64. The molecule has 1 saturated heterocycles. The van der Waals surface area contributed by atoms with Crippen molar-refractivity contribution in [2.75, 3.05) is 33.4 Å². The minimum Gasteiger partial charge on any atom is -0.384 e. The summed E-state index contributed by atoms with van der Waals surface area (Å²) in [7, 11) is 1.82. The number of ether oxygens (including phenoxy) is 1. The van der Waals surface area contributed by atoms with E-state index in [2.05, 4.69) is 4.90 Å². The second kappa shape index (κ2) is 5.10. The quantitative estimate of drug-likeness (QED) is 0.830. The van der Waals surface area contributed by atoms with Crippen LogP contribution in [-0.2, 0) is 4.74 Å². The van der Waals surface area contributed by atoms with E-state index in [0.29, 0.717) is 5.54 Å². The van der Waals surface area contributed by atoms with E-state index in [4.69, 9.17) is 10.5 Å². The monoisotopic (exact) mass is 252 g/mol. The Morgan fingerprint density at radius 3 is 2.50 bits per heavy atom. The summed E-state index contributed by atoms with van der Waals surface area (Å²) >= 11 is 0. The fourth-order valence-corrected chi connectivity index (χ4v) is 4.96. The zero-order chi connectivity index (χ0) is 12.6. The van der Waals surface area contributed by atoms with Crippen molar-refractivity contribution in [2.45, 2.75) is 44.1 Å². The Morgan fingerprint density at radius 1 is 1.22 bits per heavy atom. The highest BCUT2D eigenvalue weighted by molar-refractivity contribution is 5.08. The Labute approximate surface area is 111 Å². The molecule has 0 amide bonds. The Morgan fingerprint density at radius 2 is 2.00 bits per heavy atom. The summed E-state index contributed by atoms with van der Waals surface area (Å²) in [6.45, 7) is 4.31. The predicted molar refractivity (Wildman–Crippen MR) is 73.4 cm³/mol. The van der Waals surface area contributed by atoms with Gasteiger partial charge >= 0.3 is 0 Å². The molecule has 0 aromatic heterocycles. The van der Waals surface area contributed by atoms with Gasteiger partial charge in [0.2, 0.25) is 0 Å². The average molecular weight is 252 g/mol. The molecule has 1 aliphatic heterocycles. The van der Waals surface area contributed by atoms with Crippen molar-refractivity contribution < 1.29 is 4.74 Å². The lowest BCUT2D eigenvalue weighted by atomic mass is 9.78. The molecular weight excluding hydrogens is 224 g/mol. The molecule has 2 saturated carbocycles. The van der Waals surface area contributed by atoms with Crippen LogP contribution in [-0.4, -0.2) is 43.8 Å². The lowest BCUT2D eigenvalue weighted by molar-refractivity contribution is 0.00187. The van der Waals surface area contributed by atoms with E-state index in [-0.39, 0.29) is 0 Å². The molecule has 3 heteroatoms. The van der Waals surface area contributed by atoms with Crippen molar-refractivity contribution in [3.63, 3.8) is 0 Å². The second-order valence-corrected chi connectivity index (χ2v) is 6.77. The molecule has 2 N–H and O–H groups in total. The maximum absolute atomic E-state index is 6.21. The van der Waals surface area contributed by atoms with Gasteiger partial charge in [0.05, 0.1) is 0 Å². The van der Waals surface area contributed by atoms with Crippen molar-refractivity contribution in [3.8, 4) is 0 Å². The van der Waals surface area contributed by atoms with Gasteiger partial charge in [-0.15, -0.1) is 0 Å². The second-order valence-electron chi connectivity index (χ2n) is 6.77. The van der Waals surface area contributed by atoms with E-state index >= 15 is 0 Å². The van der Waals surface area contributed by atoms with Crippen molar-refractivity contribution in [1.29, 1.82) is 0 Å². The zero-order valence-corrected chi connectivity index (χ0v) is 11.7. The van der Waals surface area contributed by atoms with Crippen LogP contribution in [0.25, 0.3) is 0 Å². The summed E-state index contributed by atoms with van der Waals surface area (Å²) in [6, 6.07) is 0. The van der Waals surface area contributed by atoms with Gasteiger partial charge in [-0.1, -0.05) is 6.42 Å². The highest BCUT2D eigenvalue weighted by Crippen LogP contribution is 2.53. The summed E-state index contributed by atoms with van der Waals surface area (Å²) in [6.07, 6.45) is 8.32. The third-order valence-corrected chi connectivity index (χ3v) is 5.94. The van der Waals surface area contributed by atoms with Crippen molar-refractivity contribution in [2.24, 2.45) is 23.5 Å². The van der Waals surface area contributed by atoms with Gasteiger partial charge in [-0.2, -0.15) is 0 Å². The largest absolute Gasteiger partial charge is 0.384 e. The molecule has 0 aromatic rings. The fraction of sp³-hybridized carbons (Fsp3) is 1.00. The van der Waals surface area contributed by atoms with Crippen LogP contribution < -0.4 is 5.73 Å². The molecule has 2 bridgehead atoms. The Kier molecular flexibility index (Phi) is 3.65. The normalized spacial score (nSPS) is 41.7. The van der Waals surface area contributed by atoms with E-state index in [1.54, 1.807) is 0 Å². The molecule has 0 radical (unpaired) electrons. The van der Waals surface area contributed by atoms with Gasteiger partial charge in [0.15, 0.2) is 0 Å². The first-order valence-corrected chi connectivity index (χ1v) is 7.72. The highest BCUT2D eigenvalue weighted by atomic mass is 16.5. The summed E-state index contributed by atoms with van der Waals surface area (Å²) in [5, 5.41) is 0. The lowest BCUT2D eigenvalue weighted by Gasteiger charge is -2.49. The topological polar surface area (TPSA) is 38.5 Å². The molecule has 3 aliphatic rings. The van der Waals surface area contributed by atoms with Crippen LogP contribution in [0, 0.1) is 17.8 Å². The van der Waals surface area contributed by atoms with E-state index in [1.165, 1.54) is 51.6 Å². The average Bonchev–Trinajstić information content (AvgIpc) is 3.01. The Hall–Kier alpha value is -0.120. The molecule has 3 nitrogen and oxygen atoms in total. The van der Waals surface area contributed by atoms with Crippen molar-refractivity contribution in [1.82, 2.24) is 4.90 Å². The van der Waals surface area contributed by atoms with E-state index in [1.807, 2.05) is 7.11 Å². The van der Waals surface area contributed by atoms with Crippen LogP contribution in [0.15, 0.2) is 0 Å². The van der Waals surface area contributed by atoms with Crippen LogP contribution in [0.2, 0.25) is 0 Å². The third kappa shape index (κ3) is 2.00. The first kappa shape index (κ1) is 12.9. The van der Waals surface area contributed by atoms with Gasteiger partial charge < -0.3 is 10.5 Å². The maximum Gasteiger partial charge on any atom is 0.0491 e. The van der Waals surface area contributed by atoms with Crippen LogP contribution in [0.3, 0.4) is 0 Å². The highest BCUT2D eigenvalue weighted by Gasteiger charge is 2.53. The predicted octanol–water partition coefficient (Wildman–Crippen LogP) is 1.86. The molecule has 1 heterocycles. The number of fused-ring (bicyclic) bond motifs is 2. The number of hydrogen-bond acceptors (Lipinski definition) is 3. The van der Waals surface area contributed by atoms with E-state index in [9.17, 15) is 0 Å². The summed E-state index contributed by atoms with van der Waals surface area (Å²) in [5.74, 6) is 2.65. The van der Waals surface area contributed by atoms with E-state index < -0.39 is 0 Å². The number of nitrogens with two attached hydrogens (primary N) is 1. The molecule has 3 fully saturated rings. The molecule has 0 aromatic carbocycles. The smallest absolute Gasteiger partial charge is 0.0491 e. The molecule has 0 spiro atoms. The van der Waals surface area contributed by atoms with Gasteiger partial charge in [0.1, 0.15) is 0 Å². The summed E-state index contributed by atoms with van der Waals surface area (Å²) in [5.41, 5.74) is 6.59. The molecule has 3 atom stereocenters. The van der Waals surface area contributed by atoms with Gasteiger partial charge in [-0.05, 0) is 62.9 Å². The van der Waals surface area contributed by atoms with Crippen LogP contribution in [0.1, 0.15) is 38.5 Å². The minimum atomic E-state index is 0.376. The lowest BCUT2D eigenvalue weighted by Crippen LogP contribution is -2.59. The number of piperidine rings is 1. The van der Waals surface area contributed by atoms with Gasteiger partial charge in [-0.25, -0.2) is 0 Å². The molecule has 2 aliphatic carbocycles. The van der Waals surface area contributed by atoms with Crippen molar-refractivity contribution in [3.05, 3.63) is 0 Å². The molecule has 3 unspecified atom stereocenters. The summed E-state index contributed by atoms with van der Waals surface area (Å²) in [4.78, 5) is 2.75. The molecule has 3 rings (SSSR count). The number of rotatable bonds is 4. The molecule has 18 heavy (non-hydrogen) atoms. The number of likely N-dealkylation sites (tertiary alicyclic amines) is 1. The molecule has 104 valence electrons. The van der Waals surface area contributed by atoms with Gasteiger partial charge in [0.25, 0.3) is 0 Å². The van der Waals surface area contributed by atoms with Crippen molar-refractivity contribution >= 4 is 0 Å². The zero-order valence-electron chi connectivity index (χ0n) is 11.7. The first-order chi connectivity index (χ1) is 8.78. The van der Waals surface area contributed by atoms with Gasteiger partial charge in [0, 0.05) is 25.8 Å². The Bertz CT molecular complexity index is 288. The fourth-order valence-electron chi connectivity index (χ4n) is 4.96. The maximum atomic E-state index is 6.21. The summed E-state index contributed by atoms with van der Waals surface area (Å²) < 4.78 is 5.30. The SMILES string of the molecule is COCC1CCN(C2(CN)CC3CCC2C3)CC1. The van der Waals surface area contributed by atoms with Gasteiger partial charge in [-0.3, -0.25) is 4.90 Å². The van der Waals surface area contributed by atoms with E-state index in [0.717, 1.165) is 30.9 Å². The molecular formula is C15H28N2O. The third-order valence-electron chi connectivity index (χ3n) is 5.94. The van der Waals surface area contributed by atoms with Crippen LogP contribution in [0.5, 0.6) is 0 Å². The van der Waals surface area contributed by atoms with Crippen LogP contribution >= 0.6 is 0 Å². The standard InChI is InChI=1S/C15H28N2O/c1-18-10-12-4-6-17(7-5-12)15(11-16)9-13-2-3-14(15)8-13/h12-14H,2-11,16H2,1H3.